The van der Waals surface area contributed by atoms with E-state index in [1.807, 2.05) is 36.4 Å². The number of aromatic nitrogens is 2. The van der Waals surface area contributed by atoms with Gasteiger partial charge in [-0.2, -0.15) is 0 Å². The molecule has 14 heavy (non-hydrogen) atoms. The predicted molar refractivity (Wildman–Crippen MR) is 60.2 cm³/mol. The van der Waals surface area contributed by atoms with Gasteiger partial charge in [-0.25, -0.2) is 0 Å². The first kappa shape index (κ1) is 9.62. The lowest BCUT2D eigenvalue weighted by atomic mass is 10.1. The second-order valence-electron chi connectivity index (χ2n) is 2.75. The molecule has 0 bridgehead atoms. The first-order valence-electron chi connectivity index (χ1n) is 4.01. The Morgan fingerprint density at radius 2 is 1.64 bits per heavy atom. The molecule has 0 aliphatic carbocycles. The molecule has 0 spiro atoms. The van der Waals surface area contributed by atoms with E-state index in [1.54, 1.807) is 0 Å². The van der Waals surface area contributed by atoms with Gasteiger partial charge in [-0.1, -0.05) is 23.7 Å². The number of hydrogen-bond donors (Lipinski definition) is 0. The van der Waals surface area contributed by atoms with E-state index in [0.717, 1.165) is 20.9 Å². The van der Waals surface area contributed by atoms with Gasteiger partial charge in [0.1, 0.15) is 4.60 Å². The summed E-state index contributed by atoms with van der Waals surface area (Å²) in [5.41, 5.74) is 1.85. The minimum absolute atomic E-state index is 0.721. The van der Waals surface area contributed by atoms with Crippen LogP contribution in [0.5, 0.6) is 0 Å². The zero-order valence-electron chi connectivity index (χ0n) is 7.11. The fourth-order valence-corrected chi connectivity index (χ4v) is 1.43. The van der Waals surface area contributed by atoms with Crippen LogP contribution in [0.1, 0.15) is 0 Å². The molecule has 0 radical (unpaired) electrons. The molecule has 0 unspecified atom stereocenters. The highest BCUT2D eigenvalue weighted by molar-refractivity contribution is 9.10. The predicted octanol–water partition coefficient (Wildman–Crippen LogP) is 3.56. The van der Waals surface area contributed by atoms with Gasteiger partial charge in [0.25, 0.3) is 0 Å². The molecule has 2 rings (SSSR count). The molecule has 4 heteroatoms. The van der Waals surface area contributed by atoms with Crippen LogP contribution in [-0.4, -0.2) is 10.2 Å². The summed E-state index contributed by atoms with van der Waals surface area (Å²) in [6, 6.07) is 11.3. The van der Waals surface area contributed by atoms with Gasteiger partial charge in [-0.15, -0.1) is 10.2 Å². The number of halogens is 2. The van der Waals surface area contributed by atoms with Crippen molar-refractivity contribution in [2.75, 3.05) is 0 Å². The molecule has 0 amide bonds. The number of benzene rings is 1. The fraction of sp³-hybridized carbons (Fsp3) is 0. The van der Waals surface area contributed by atoms with Crippen LogP contribution in [0, 0.1) is 0 Å². The number of nitrogens with zero attached hydrogens (tertiary/aromatic N) is 2. The lowest BCUT2D eigenvalue weighted by Gasteiger charge is -1.99. The van der Waals surface area contributed by atoms with E-state index in [4.69, 9.17) is 11.6 Å². The van der Waals surface area contributed by atoms with Crippen LogP contribution >= 0.6 is 27.5 Å². The summed E-state index contributed by atoms with van der Waals surface area (Å²) in [5.74, 6) is 0. The summed E-state index contributed by atoms with van der Waals surface area (Å²) in [4.78, 5) is 0. The molecule has 70 valence electrons. The van der Waals surface area contributed by atoms with Crippen LogP contribution in [0.15, 0.2) is 41.0 Å². The molecule has 0 fully saturated rings. The molecule has 1 heterocycles. The monoisotopic (exact) mass is 268 g/mol. The Morgan fingerprint density at radius 3 is 2.21 bits per heavy atom. The van der Waals surface area contributed by atoms with Gasteiger partial charge in [0.2, 0.25) is 0 Å². The number of rotatable bonds is 1. The average Bonchev–Trinajstić information content (AvgIpc) is 2.21. The highest BCUT2D eigenvalue weighted by Crippen LogP contribution is 2.19. The third-order valence-corrected chi connectivity index (χ3v) is 2.45. The van der Waals surface area contributed by atoms with Crippen molar-refractivity contribution < 1.29 is 0 Å². The van der Waals surface area contributed by atoms with Crippen molar-refractivity contribution in [3.63, 3.8) is 0 Å². The Bertz CT molecular complexity index is 381. The largest absolute Gasteiger partial charge is 0.149 e. The van der Waals surface area contributed by atoms with Gasteiger partial charge >= 0.3 is 0 Å². The third kappa shape index (κ3) is 2.11. The summed E-state index contributed by atoms with van der Waals surface area (Å²) in [7, 11) is 0. The second kappa shape index (κ2) is 4.07. The molecule has 2 aromatic rings. The smallest absolute Gasteiger partial charge is 0.128 e. The van der Waals surface area contributed by atoms with Crippen molar-refractivity contribution in [3.05, 3.63) is 46.0 Å². The topological polar surface area (TPSA) is 25.8 Å². The summed E-state index contributed by atoms with van der Waals surface area (Å²) >= 11 is 9.02. The maximum atomic E-state index is 5.78. The Balaban J connectivity index is 2.40. The van der Waals surface area contributed by atoms with Gasteiger partial charge in [-0.05, 0) is 40.2 Å². The molecule has 0 aliphatic heterocycles. The Hall–Kier alpha value is -0.930. The summed E-state index contributed by atoms with van der Waals surface area (Å²) in [6.07, 6.45) is 0. The number of hydrogen-bond acceptors (Lipinski definition) is 2. The van der Waals surface area contributed by atoms with Crippen LogP contribution in [0.3, 0.4) is 0 Å². The van der Waals surface area contributed by atoms with Crippen LogP contribution < -0.4 is 0 Å². The molecule has 0 atom stereocenters. The van der Waals surface area contributed by atoms with E-state index in [1.165, 1.54) is 0 Å². The molecule has 0 aliphatic rings. The van der Waals surface area contributed by atoms with E-state index < -0.39 is 0 Å². The summed E-state index contributed by atoms with van der Waals surface area (Å²) in [6.45, 7) is 0. The van der Waals surface area contributed by atoms with Gasteiger partial charge in [0.05, 0.1) is 5.69 Å². The van der Waals surface area contributed by atoms with Crippen LogP contribution in [-0.2, 0) is 0 Å². The van der Waals surface area contributed by atoms with Crippen molar-refractivity contribution in [2.45, 2.75) is 0 Å². The zero-order valence-corrected chi connectivity index (χ0v) is 9.46. The van der Waals surface area contributed by atoms with Crippen molar-refractivity contribution >= 4 is 27.5 Å². The SMILES string of the molecule is Clc1ccc(-c2ccc(Br)nn2)cc1. The summed E-state index contributed by atoms with van der Waals surface area (Å²) in [5, 5.41) is 8.67. The van der Waals surface area contributed by atoms with Gasteiger partial charge in [-0.3, -0.25) is 0 Å². The quantitative estimate of drug-likeness (QED) is 0.791. The summed E-state index contributed by atoms with van der Waals surface area (Å²) < 4.78 is 0.732. The zero-order chi connectivity index (χ0) is 9.97. The van der Waals surface area contributed by atoms with E-state index in [-0.39, 0.29) is 0 Å². The standard InChI is InChI=1S/C10H6BrClN2/c11-10-6-5-9(13-14-10)7-1-3-8(12)4-2-7/h1-6H. The van der Waals surface area contributed by atoms with Crippen LogP contribution in [0.4, 0.5) is 0 Å². The van der Waals surface area contributed by atoms with Gasteiger partial charge < -0.3 is 0 Å². The van der Waals surface area contributed by atoms with Crippen LogP contribution in [0.2, 0.25) is 5.02 Å². The van der Waals surface area contributed by atoms with Crippen molar-refractivity contribution in [2.24, 2.45) is 0 Å². The maximum absolute atomic E-state index is 5.78. The van der Waals surface area contributed by atoms with Crippen molar-refractivity contribution in [3.8, 4) is 11.3 Å². The molecule has 0 saturated carbocycles. The third-order valence-electron chi connectivity index (χ3n) is 1.77. The highest BCUT2D eigenvalue weighted by Gasteiger charge is 1.99. The van der Waals surface area contributed by atoms with Crippen molar-refractivity contribution in [1.29, 1.82) is 0 Å². The van der Waals surface area contributed by atoms with Gasteiger partial charge in [0, 0.05) is 10.6 Å². The molecule has 2 nitrogen and oxygen atoms in total. The first-order chi connectivity index (χ1) is 6.75. The molecule has 0 N–H and O–H groups in total. The van der Waals surface area contributed by atoms with E-state index in [2.05, 4.69) is 26.1 Å². The van der Waals surface area contributed by atoms with E-state index >= 15 is 0 Å². The van der Waals surface area contributed by atoms with Crippen molar-refractivity contribution in [1.82, 2.24) is 10.2 Å². The molecular weight excluding hydrogens is 263 g/mol. The van der Waals surface area contributed by atoms with E-state index in [0.29, 0.717) is 0 Å². The van der Waals surface area contributed by atoms with Crippen LogP contribution in [0.25, 0.3) is 11.3 Å². The minimum Gasteiger partial charge on any atom is -0.149 e. The second-order valence-corrected chi connectivity index (χ2v) is 4.00. The molecule has 1 aromatic heterocycles. The minimum atomic E-state index is 0.721. The fourth-order valence-electron chi connectivity index (χ4n) is 1.09. The lowest BCUT2D eigenvalue weighted by Crippen LogP contribution is -1.86. The molecule has 0 saturated heterocycles. The first-order valence-corrected chi connectivity index (χ1v) is 5.18. The Morgan fingerprint density at radius 1 is 0.929 bits per heavy atom. The van der Waals surface area contributed by atoms with Gasteiger partial charge in [0.15, 0.2) is 0 Å². The molecule has 1 aromatic carbocycles. The Kier molecular flexibility index (Phi) is 2.79. The van der Waals surface area contributed by atoms with E-state index in [9.17, 15) is 0 Å². The highest BCUT2D eigenvalue weighted by atomic mass is 79.9. The Labute approximate surface area is 95.1 Å². The maximum Gasteiger partial charge on any atom is 0.128 e. The normalized spacial score (nSPS) is 10.1. The average molecular weight is 270 g/mol. The lowest BCUT2D eigenvalue weighted by molar-refractivity contribution is 1.01. The molecular formula is C10H6BrClN2.